The lowest BCUT2D eigenvalue weighted by atomic mass is 9.95. The molecule has 0 saturated carbocycles. The Morgan fingerprint density at radius 3 is 2.34 bits per heavy atom. The molecule has 5 nitrogen and oxygen atoms in total. The first kappa shape index (κ1) is 20.2. The predicted octanol–water partition coefficient (Wildman–Crippen LogP) is 5.54. The van der Waals surface area contributed by atoms with E-state index in [0.717, 1.165) is 26.9 Å². The van der Waals surface area contributed by atoms with E-state index in [1.165, 1.54) is 16.2 Å². The monoisotopic (exact) mass is 440 g/mol. The van der Waals surface area contributed by atoms with Gasteiger partial charge in [0, 0.05) is 5.56 Å². The number of carbonyl (C=O) groups excluding carboxylic acids is 2. The van der Waals surface area contributed by atoms with Crippen LogP contribution in [0.25, 0.3) is 16.0 Å². The summed E-state index contributed by atoms with van der Waals surface area (Å²) in [6, 6.07) is 21.6. The Morgan fingerprint density at radius 1 is 0.938 bits per heavy atom. The molecule has 0 unspecified atom stereocenters. The number of fused-ring (bicyclic) bond motifs is 1. The number of amides is 1. The summed E-state index contributed by atoms with van der Waals surface area (Å²) in [5.41, 5.74) is 4.19. The molecule has 1 N–H and O–H groups in total. The van der Waals surface area contributed by atoms with E-state index >= 15 is 0 Å². The molecule has 158 valence electrons. The van der Waals surface area contributed by atoms with E-state index < -0.39 is 17.7 Å². The van der Waals surface area contributed by atoms with Gasteiger partial charge in [-0.05, 0) is 37.1 Å². The minimum absolute atomic E-state index is 0.0699. The molecule has 5 rings (SSSR count). The third kappa shape index (κ3) is 3.29. The van der Waals surface area contributed by atoms with Gasteiger partial charge in [0.1, 0.15) is 5.76 Å². The smallest absolute Gasteiger partial charge is 0.301 e. The zero-order chi connectivity index (χ0) is 22.4. The van der Waals surface area contributed by atoms with Gasteiger partial charge in [-0.25, -0.2) is 4.98 Å². The summed E-state index contributed by atoms with van der Waals surface area (Å²) in [6.07, 6.45) is 0. The zero-order valence-electron chi connectivity index (χ0n) is 17.6. The van der Waals surface area contributed by atoms with Crippen molar-refractivity contribution in [3.8, 4) is 0 Å². The minimum Gasteiger partial charge on any atom is -0.507 e. The van der Waals surface area contributed by atoms with Crippen LogP contribution in [0, 0.1) is 13.8 Å². The number of aryl methyl sites for hydroxylation is 2. The second kappa shape index (κ2) is 7.73. The van der Waals surface area contributed by atoms with E-state index in [4.69, 9.17) is 0 Å². The van der Waals surface area contributed by atoms with Crippen molar-refractivity contribution in [1.29, 1.82) is 0 Å². The molecule has 1 amide bonds. The summed E-state index contributed by atoms with van der Waals surface area (Å²) in [6.45, 7) is 3.94. The van der Waals surface area contributed by atoms with Crippen molar-refractivity contribution < 1.29 is 14.7 Å². The maximum Gasteiger partial charge on any atom is 0.301 e. The Balaban J connectivity index is 1.72. The van der Waals surface area contributed by atoms with Crippen molar-refractivity contribution in [2.24, 2.45) is 0 Å². The normalized spacial score (nSPS) is 17.9. The molecule has 1 aromatic heterocycles. The number of aliphatic hydroxyl groups excluding tert-OH is 1. The van der Waals surface area contributed by atoms with Gasteiger partial charge in [-0.1, -0.05) is 77.6 Å². The molecule has 3 aromatic carbocycles. The first-order valence-electron chi connectivity index (χ1n) is 10.2. The fourth-order valence-electron chi connectivity index (χ4n) is 3.97. The largest absolute Gasteiger partial charge is 0.507 e. The number of nitrogens with zero attached hydrogens (tertiary/aromatic N) is 2. The van der Waals surface area contributed by atoms with Crippen LogP contribution < -0.4 is 4.90 Å². The first-order chi connectivity index (χ1) is 15.4. The third-order valence-electron chi connectivity index (χ3n) is 5.62. The Kier molecular flexibility index (Phi) is 4.87. The number of anilines is 1. The number of carbonyl (C=O) groups is 2. The van der Waals surface area contributed by atoms with Gasteiger partial charge in [0.05, 0.1) is 21.8 Å². The number of ketones is 1. The quantitative estimate of drug-likeness (QED) is 0.258. The summed E-state index contributed by atoms with van der Waals surface area (Å²) >= 11 is 1.36. The van der Waals surface area contributed by atoms with Gasteiger partial charge in [-0.2, -0.15) is 0 Å². The van der Waals surface area contributed by atoms with Crippen LogP contribution in [0.5, 0.6) is 0 Å². The lowest BCUT2D eigenvalue weighted by Gasteiger charge is -2.22. The first-order valence-corrected chi connectivity index (χ1v) is 11.1. The van der Waals surface area contributed by atoms with E-state index in [0.29, 0.717) is 10.7 Å². The second-order valence-corrected chi connectivity index (χ2v) is 8.92. The molecule has 0 spiro atoms. The van der Waals surface area contributed by atoms with Crippen LogP contribution in [-0.4, -0.2) is 21.8 Å². The number of hydrogen-bond donors (Lipinski definition) is 1. The number of Topliss-reactive ketones (excluding diaryl/α,β-unsaturated/α-hetero) is 1. The van der Waals surface area contributed by atoms with Crippen LogP contribution in [0.15, 0.2) is 78.4 Å². The van der Waals surface area contributed by atoms with Gasteiger partial charge in [0.2, 0.25) is 0 Å². The Labute approximate surface area is 189 Å². The summed E-state index contributed by atoms with van der Waals surface area (Å²) in [4.78, 5) is 32.5. The molecule has 0 bridgehead atoms. The van der Waals surface area contributed by atoms with Gasteiger partial charge in [-0.15, -0.1) is 0 Å². The predicted molar refractivity (Wildman–Crippen MR) is 127 cm³/mol. The van der Waals surface area contributed by atoms with Crippen molar-refractivity contribution in [3.05, 3.63) is 101 Å². The van der Waals surface area contributed by atoms with Crippen molar-refractivity contribution >= 4 is 44.1 Å². The number of rotatable bonds is 3. The van der Waals surface area contributed by atoms with Crippen LogP contribution in [0.3, 0.4) is 0 Å². The van der Waals surface area contributed by atoms with Gasteiger partial charge in [0.15, 0.2) is 5.13 Å². The topological polar surface area (TPSA) is 70.5 Å². The Bertz CT molecular complexity index is 1390. The lowest BCUT2D eigenvalue weighted by molar-refractivity contribution is -0.132. The molecule has 1 aliphatic rings. The average Bonchev–Trinajstić information content (AvgIpc) is 3.32. The number of aliphatic hydroxyl groups is 1. The van der Waals surface area contributed by atoms with Crippen molar-refractivity contribution in [3.63, 3.8) is 0 Å². The third-order valence-corrected chi connectivity index (χ3v) is 6.64. The van der Waals surface area contributed by atoms with Crippen LogP contribution in [0.4, 0.5) is 5.13 Å². The number of benzene rings is 3. The zero-order valence-corrected chi connectivity index (χ0v) is 18.4. The molecule has 32 heavy (non-hydrogen) atoms. The Hall–Kier alpha value is -3.77. The molecule has 2 heterocycles. The molecular formula is C26H20N2O3S. The summed E-state index contributed by atoms with van der Waals surface area (Å²) < 4.78 is 0.937. The highest BCUT2D eigenvalue weighted by molar-refractivity contribution is 7.22. The highest BCUT2D eigenvalue weighted by Crippen LogP contribution is 2.44. The number of aromatic nitrogens is 1. The maximum atomic E-state index is 13.2. The summed E-state index contributed by atoms with van der Waals surface area (Å²) in [5.74, 6) is -1.59. The molecule has 0 radical (unpaired) electrons. The highest BCUT2D eigenvalue weighted by atomic mass is 32.1. The molecule has 0 aliphatic carbocycles. The molecule has 1 saturated heterocycles. The SMILES string of the molecule is Cc1ccc(/C(O)=C2\C(=O)C(=O)N(c3nc4ccc(C)cc4s3)[C@H]2c2ccccc2)cc1. The van der Waals surface area contributed by atoms with E-state index in [-0.39, 0.29) is 11.3 Å². The van der Waals surface area contributed by atoms with Gasteiger partial charge < -0.3 is 5.11 Å². The van der Waals surface area contributed by atoms with E-state index in [1.54, 1.807) is 12.1 Å². The van der Waals surface area contributed by atoms with Crippen LogP contribution in [0.2, 0.25) is 0 Å². The van der Waals surface area contributed by atoms with Crippen LogP contribution in [-0.2, 0) is 9.59 Å². The van der Waals surface area contributed by atoms with E-state index in [1.807, 2.05) is 74.5 Å². The number of hydrogen-bond acceptors (Lipinski definition) is 5. The van der Waals surface area contributed by atoms with Gasteiger partial charge >= 0.3 is 5.91 Å². The van der Waals surface area contributed by atoms with Crippen molar-refractivity contribution in [1.82, 2.24) is 4.98 Å². The molecule has 1 aliphatic heterocycles. The summed E-state index contributed by atoms with van der Waals surface area (Å²) in [7, 11) is 0. The lowest BCUT2D eigenvalue weighted by Crippen LogP contribution is -2.29. The minimum atomic E-state index is -0.765. The van der Waals surface area contributed by atoms with E-state index in [9.17, 15) is 14.7 Å². The van der Waals surface area contributed by atoms with Crippen LogP contribution in [0.1, 0.15) is 28.3 Å². The maximum absolute atomic E-state index is 13.2. The Morgan fingerprint density at radius 2 is 1.62 bits per heavy atom. The summed E-state index contributed by atoms with van der Waals surface area (Å²) in [5, 5.41) is 11.6. The molecule has 6 heteroatoms. The standard InChI is InChI=1S/C26H20N2O3S/c1-15-8-11-18(12-9-15)23(29)21-22(17-6-4-3-5-7-17)28(25(31)24(21)30)26-27-19-13-10-16(2)14-20(19)32-26/h3-14,22,29H,1-2H3/b23-21+/t22-/m0/s1. The van der Waals surface area contributed by atoms with Gasteiger partial charge in [-0.3, -0.25) is 14.5 Å². The highest BCUT2D eigenvalue weighted by Gasteiger charge is 2.48. The molecular weight excluding hydrogens is 420 g/mol. The molecule has 1 fully saturated rings. The van der Waals surface area contributed by atoms with Crippen molar-refractivity contribution in [2.75, 3.05) is 4.90 Å². The van der Waals surface area contributed by atoms with E-state index in [2.05, 4.69) is 4.98 Å². The van der Waals surface area contributed by atoms with Gasteiger partial charge in [0.25, 0.3) is 5.78 Å². The average molecular weight is 441 g/mol. The van der Waals surface area contributed by atoms with Crippen molar-refractivity contribution in [2.45, 2.75) is 19.9 Å². The fraction of sp³-hybridized carbons (Fsp3) is 0.115. The van der Waals surface area contributed by atoms with Crippen LogP contribution >= 0.6 is 11.3 Å². The number of thiazole rings is 1. The second-order valence-electron chi connectivity index (χ2n) is 7.91. The molecule has 1 atom stereocenters. The fourth-order valence-corrected chi connectivity index (χ4v) is 5.06. The molecule has 4 aromatic rings.